The summed E-state index contributed by atoms with van der Waals surface area (Å²) in [5, 5.41) is 4.91. The third-order valence-electron chi connectivity index (χ3n) is 2.46. The van der Waals surface area contributed by atoms with Crippen LogP contribution in [0.15, 0.2) is 46.0 Å². The van der Waals surface area contributed by atoms with Crippen LogP contribution in [0.1, 0.15) is 5.56 Å². The summed E-state index contributed by atoms with van der Waals surface area (Å²) in [6.07, 6.45) is 0. The maximum absolute atomic E-state index is 11.7. The van der Waals surface area contributed by atoms with Crippen LogP contribution < -0.4 is 10.1 Å². The van der Waals surface area contributed by atoms with E-state index in [1.165, 1.54) is 0 Å². The third kappa shape index (κ3) is 4.61. The van der Waals surface area contributed by atoms with Gasteiger partial charge in [0.15, 0.2) is 0 Å². The van der Waals surface area contributed by atoms with E-state index in [9.17, 15) is 4.79 Å². The molecule has 0 radical (unpaired) electrons. The summed E-state index contributed by atoms with van der Waals surface area (Å²) in [4.78, 5) is 11.7. The Kier molecular flexibility index (Phi) is 5.30. The van der Waals surface area contributed by atoms with E-state index in [2.05, 4.69) is 5.32 Å². The molecule has 0 aliphatic carbocycles. The van der Waals surface area contributed by atoms with E-state index in [-0.39, 0.29) is 5.91 Å². The van der Waals surface area contributed by atoms with Crippen molar-refractivity contribution >= 4 is 29.0 Å². The van der Waals surface area contributed by atoms with Crippen molar-refractivity contribution < 1.29 is 9.53 Å². The van der Waals surface area contributed by atoms with E-state index in [4.69, 9.17) is 4.74 Å². The van der Waals surface area contributed by atoms with Gasteiger partial charge in [-0.05, 0) is 29.1 Å². The van der Waals surface area contributed by atoms with Crippen molar-refractivity contribution in [3.8, 4) is 5.75 Å². The van der Waals surface area contributed by atoms with Crippen LogP contribution in [0.25, 0.3) is 0 Å². The lowest BCUT2D eigenvalue weighted by molar-refractivity contribution is -0.118. The normalized spacial score (nSPS) is 10.2. The lowest BCUT2D eigenvalue weighted by Crippen LogP contribution is -2.24. The quantitative estimate of drug-likeness (QED) is 0.831. The number of amides is 1. The molecule has 0 atom stereocenters. The number of hydrogen-bond donors (Lipinski definition) is 1. The zero-order valence-corrected chi connectivity index (χ0v) is 12.2. The molecule has 1 aromatic heterocycles. The summed E-state index contributed by atoms with van der Waals surface area (Å²) >= 11 is 3.21. The molecule has 100 valence electrons. The second-order valence-corrected chi connectivity index (χ2v) is 6.07. The lowest BCUT2D eigenvalue weighted by atomic mass is 10.2. The summed E-state index contributed by atoms with van der Waals surface area (Å²) in [6, 6.07) is 11.7. The van der Waals surface area contributed by atoms with Gasteiger partial charge in [-0.25, -0.2) is 0 Å². The molecule has 0 unspecified atom stereocenters. The molecule has 0 bridgehead atoms. The largest absolute Gasteiger partial charge is 0.497 e. The van der Waals surface area contributed by atoms with E-state index >= 15 is 0 Å². The van der Waals surface area contributed by atoms with E-state index in [0.717, 1.165) is 15.5 Å². The minimum Gasteiger partial charge on any atom is -0.497 e. The van der Waals surface area contributed by atoms with E-state index < -0.39 is 0 Å². The van der Waals surface area contributed by atoms with Gasteiger partial charge in [0.2, 0.25) is 5.91 Å². The molecule has 2 aromatic rings. The van der Waals surface area contributed by atoms with Crippen molar-refractivity contribution in [2.75, 3.05) is 12.9 Å². The van der Waals surface area contributed by atoms with Crippen LogP contribution in [0, 0.1) is 0 Å². The highest BCUT2D eigenvalue weighted by Crippen LogP contribution is 2.22. The van der Waals surface area contributed by atoms with E-state index in [1.54, 1.807) is 30.2 Å². The molecule has 1 N–H and O–H groups in total. The second-order valence-electron chi connectivity index (χ2n) is 3.85. The fourth-order valence-corrected chi connectivity index (χ4v) is 3.13. The van der Waals surface area contributed by atoms with E-state index in [0.29, 0.717) is 12.3 Å². The summed E-state index contributed by atoms with van der Waals surface area (Å²) in [5.74, 6) is 1.30. The van der Waals surface area contributed by atoms with Gasteiger partial charge in [0, 0.05) is 6.54 Å². The molecule has 0 aliphatic heterocycles. The average molecular weight is 293 g/mol. The predicted molar refractivity (Wildman–Crippen MR) is 79.9 cm³/mol. The molecule has 1 amide bonds. The van der Waals surface area contributed by atoms with Crippen molar-refractivity contribution in [3.05, 3.63) is 47.3 Å². The fourth-order valence-electron chi connectivity index (χ4n) is 1.52. The number of rotatable bonds is 6. The minimum atomic E-state index is 0.0428. The van der Waals surface area contributed by atoms with Crippen LogP contribution in [0.2, 0.25) is 0 Å². The Bertz CT molecular complexity index is 526. The number of thioether (sulfide) groups is 1. The Balaban J connectivity index is 1.76. The van der Waals surface area contributed by atoms with Gasteiger partial charge in [0.25, 0.3) is 0 Å². The molecule has 19 heavy (non-hydrogen) atoms. The highest BCUT2D eigenvalue weighted by molar-refractivity contribution is 8.01. The predicted octanol–water partition coefficient (Wildman–Crippen LogP) is 3.17. The van der Waals surface area contributed by atoms with Crippen LogP contribution in [0.5, 0.6) is 5.75 Å². The maximum atomic E-state index is 11.7. The molecular formula is C14H15NO2S2. The number of methoxy groups -OCH3 is 1. The van der Waals surface area contributed by atoms with Crippen molar-refractivity contribution in [2.45, 2.75) is 10.8 Å². The Morgan fingerprint density at radius 3 is 3.00 bits per heavy atom. The first-order chi connectivity index (χ1) is 9.28. The second kappa shape index (κ2) is 7.21. The zero-order valence-electron chi connectivity index (χ0n) is 10.6. The number of nitrogens with one attached hydrogen (secondary N) is 1. The first-order valence-electron chi connectivity index (χ1n) is 5.84. The number of benzene rings is 1. The number of hydrogen-bond acceptors (Lipinski definition) is 4. The van der Waals surface area contributed by atoms with Gasteiger partial charge >= 0.3 is 0 Å². The Hall–Kier alpha value is -1.46. The zero-order chi connectivity index (χ0) is 13.5. The van der Waals surface area contributed by atoms with Crippen LogP contribution >= 0.6 is 23.1 Å². The maximum Gasteiger partial charge on any atom is 0.230 e. The standard InChI is InChI=1S/C14H15NO2S2/c1-17-12-5-2-4-11(8-12)9-15-13(16)10-19-14-6-3-7-18-14/h2-8H,9-10H2,1H3,(H,15,16). The Morgan fingerprint density at radius 2 is 2.26 bits per heavy atom. The molecule has 1 aromatic carbocycles. The number of thiophene rings is 1. The first kappa shape index (κ1) is 14.0. The van der Waals surface area contributed by atoms with Gasteiger partial charge in [-0.15, -0.1) is 23.1 Å². The van der Waals surface area contributed by atoms with Gasteiger partial charge in [0.1, 0.15) is 5.75 Å². The van der Waals surface area contributed by atoms with Crippen LogP contribution in [0.4, 0.5) is 0 Å². The molecule has 2 rings (SSSR count). The molecule has 0 fully saturated rings. The molecule has 0 saturated carbocycles. The number of carbonyl (C=O) groups is 1. The summed E-state index contributed by atoms with van der Waals surface area (Å²) in [5.41, 5.74) is 1.04. The summed E-state index contributed by atoms with van der Waals surface area (Å²) < 4.78 is 6.31. The van der Waals surface area contributed by atoms with Gasteiger partial charge in [-0.1, -0.05) is 18.2 Å². The highest BCUT2D eigenvalue weighted by atomic mass is 32.2. The lowest BCUT2D eigenvalue weighted by Gasteiger charge is -2.06. The van der Waals surface area contributed by atoms with Crippen molar-refractivity contribution in [2.24, 2.45) is 0 Å². The van der Waals surface area contributed by atoms with Gasteiger partial charge in [-0.3, -0.25) is 4.79 Å². The van der Waals surface area contributed by atoms with Gasteiger partial charge in [-0.2, -0.15) is 0 Å². The molecule has 0 aliphatic rings. The smallest absolute Gasteiger partial charge is 0.230 e. The highest BCUT2D eigenvalue weighted by Gasteiger charge is 2.04. The van der Waals surface area contributed by atoms with Crippen LogP contribution in [-0.4, -0.2) is 18.8 Å². The van der Waals surface area contributed by atoms with Gasteiger partial charge in [0.05, 0.1) is 17.1 Å². The molecule has 1 heterocycles. The number of ether oxygens (including phenoxy) is 1. The van der Waals surface area contributed by atoms with Crippen LogP contribution in [0.3, 0.4) is 0 Å². The summed E-state index contributed by atoms with van der Waals surface area (Å²) in [7, 11) is 1.63. The minimum absolute atomic E-state index is 0.0428. The average Bonchev–Trinajstić information content (AvgIpc) is 2.96. The first-order valence-corrected chi connectivity index (χ1v) is 7.70. The topological polar surface area (TPSA) is 38.3 Å². The summed E-state index contributed by atoms with van der Waals surface area (Å²) in [6.45, 7) is 0.529. The Morgan fingerprint density at radius 1 is 1.37 bits per heavy atom. The van der Waals surface area contributed by atoms with Crippen molar-refractivity contribution in [1.82, 2.24) is 5.32 Å². The van der Waals surface area contributed by atoms with Gasteiger partial charge < -0.3 is 10.1 Å². The Labute approximate surface area is 121 Å². The third-order valence-corrected chi connectivity index (χ3v) is 4.60. The monoisotopic (exact) mass is 293 g/mol. The molecule has 3 nitrogen and oxygen atoms in total. The van der Waals surface area contributed by atoms with Crippen molar-refractivity contribution in [1.29, 1.82) is 0 Å². The molecule has 5 heteroatoms. The fraction of sp³-hybridized carbons (Fsp3) is 0.214. The number of carbonyl (C=O) groups excluding carboxylic acids is 1. The van der Waals surface area contributed by atoms with Crippen molar-refractivity contribution in [3.63, 3.8) is 0 Å². The molecule has 0 saturated heterocycles. The SMILES string of the molecule is COc1cccc(CNC(=O)CSc2cccs2)c1. The molecular weight excluding hydrogens is 278 g/mol. The molecule has 0 spiro atoms. The van der Waals surface area contributed by atoms with E-state index in [1.807, 2.05) is 41.8 Å². The van der Waals surface area contributed by atoms with Crippen LogP contribution in [-0.2, 0) is 11.3 Å².